The molecule has 0 heterocycles. The highest BCUT2D eigenvalue weighted by atomic mass is 16.3. The summed E-state index contributed by atoms with van der Waals surface area (Å²) in [5.41, 5.74) is -2.48. The third kappa shape index (κ3) is 2.27. The van der Waals surface area contributed by atoms with E-state index in [-0.39, 0.29) is 36.4 Å². The molecule has 0 bridgehead atoms. The fourth-order valence-corrected chi connectivity index (χ4v) is 6.97. The minimum atomic E-state index is -1.65. The molecule has 6 nitrogen and oxygen atoms in total. The van der Waals surface area contributed by atoms with Gasteiger partial charge in [0, 0.05) is 16.7 Å². The van der Waals surface area contributed by atoms with Crippen molar-refractivity contribution in [1.82, 2.24) is 0 Å². The van der Waals surface area contributed by atoms with Gasteiger partial charge >= 0.3 is 0 Å². The number of carbonyl (C=O) groups is 2. The van der Waals surface area contributed by atoms with Crippen LogP contribution in [0.3, 0.4) is 0 Å². The second-order valence-electron chi connectivity index (χ2n) is 9.33. The van der Waals surface area contributed by atoms with E-state index in [0.717, 1.165) is 0 Å². The number of aliphatic hydroxyl groups is 4. The monoisotopic (exact) mass is 376 g/mol. The fourth-order valence-electron chi connectivity index (χ4n) is 6.97. The van der Waals surface area contributed by atoms with Crippen molar-refractivity contribution in [3.8, 4) is 0 Å². The lowest BCUT2D eigenvalue weighted by Crippen LogP contribution is -2.63. The van der Waals surface area contributed by atoms with Gasteiger partial charge in [0.25, 0.3) is 0 Å². The SMILES string of the molecule is CC12C=CC(=O)C=C1[C@@H](O)C[C@@H]1[C@@H]2[C@@H](O)C[C@@]2(C)[C@H]1CC[C@]2(O)C(=O)CO. The number of rotatable bonds is 2. The van der Waals surface area contributed by atoms with Gasteiger partial charge in [-0.05, 0) is 55.2 Å². The molecule has 27 heavy (non-hydrogen) atoms. The molecule has 1 unspecified atom stereocenters. The predicted molar refractivity (Wildman–Crippen MR) is 96.4 cm³/mol. The van der Waals surface area contributed by atoms with E-state index < -0.39 is 41.0 Å². The maximum absolute atomic E-state index is 12.4. The van der Waals surface area contributed by atoms with Crippen LogP contribution in [0.5, 0.6) is 0 Å². The van der Waals surface area contributed by atoms with Gasteiger partial charge in [-0.3, -0.25) is 9.59 Å². The van der Waals surface area contributed by atoms with Gasteiger partial charge in [0.05, 0.1) is 12.2 Å². The van der Waals surface area contributed by atoms with Crippen molar-refractivity contribution in [2.45, 2.75) is 57.3 Å². The van der Waals surface area contributed by atoms with Crippen LogP contribution in [0.25, 0.3) is 0 Å². The Morgan fingerprint density at radius 2 is 2.00 bits per heavy atom. The van der Waals surface area contributed by atoms with Gasteiger partial charge in [0.2, 0.25) is 0 Å². The molecule has 3 fully saturated rings. The molecule has 3 saturated carbocycles. The van der Waals surface area contributed by atoms with Crippen LogP contribution in [0.1, 0.15) is 39.5 Å². The van der Waals surface area contributed by atoms with Crippen molar-refractivity contribution in [3.05, 3.63) is 23.8 Å². The van der Waals surface area contributed by atoms with E-state index in [1.165, 1.54) is 12.2 Å². The summed E-state index contributed by atoms with van der Waals surface area (Å²) in [7, 11) is 0. The van der Waals surface area contributed by atoms with Crippen LogP contribution in [-0.2, 0) is 9.59 Å². The Labute approximate surface area is 158 Å². The lowest BCUT2D eigenvalue weighted by molar-refractivity contribution is -0.182. The van der Waals surface area contributed by atoms with Gasteiger partial charge in [-0.2, -0.15) is 0 Å². The van der Waals surface area contributed by atoms with E-state index in [1.807, 2.05) is 13.8 Å². The number of Topliss-reactive ketones (excluding diaryl/α,β-unsaturated/α-hetero) is 1. The summed E-state index contributed by atoms with van der Waals surface area (Å²) in [6, 6.07) is 0. The molecule has 0 radical (unpaired) electrons. The average Bonchev–Trinajstić information content (AvgIpc) is 2.87. The molecule has 4 aliphatic carbocycles. The van der Waals surface area contributed by atoms with Crippen molar-refractivity contribution >= 4 is 11.6 Å². The molecule has 0 saturated heterocycles. The molecular formula is C21H28O6. The second kappa shape index (κ2) is 5.83. The van der Waals surface area contributed by atoms with E-state index in [1.54, 1.807) is 6.08 Å². The summed E-state index contributed by atoms with van der Waals surface area (Å²) in [5, 5.41) is 42.5. The molecular weight excluding hydrogens is 348 g/mol. The summed E-state index contributed by atoms with van der Waals surface area (Å²) in [6.45, 7) is 3.06. The molecule has 0 aliphatic heterocycles. The molecule has 8 atom stereocenters. The van der Waals surface area contributed by atoms with E-state index in [0.29, 0.717) is 18.4 Å². The summed E-state index contributed by atoms with van der Waals surface area (Å²) in [4.78, 5) is 24.2. The Morgan fingerprint density at radius 3 is 2.67 bits per heavy atom. The Bertz CT molecular complexity index is 756. The zero-order valence-electron chi connectivity index (χ0n) is 15.8. The number of aliphatic hydroxyl groups excluding tert-OH is 3. The Hall–Kier alpha value is -1.34. The van der Waals surface area contributed by atoms with Gasteiger partial charge < -0.3 is 20.4 Å². The summed E-state index contributed by atoms with van der Waals surface area (Å²) in [5.74, 6) is -1.08. The minimum Gasteiger partial charge on any atom is -0.393 e. The number of fused-ring (bicyclic) bond motifs is 5. The molecule has 4 rings (SSSR count). The van der Waals surface area contributed by atoms with Crippen molar-refractivity contribution in [1.29, 1.82) is 0 Å². The standard InChI is InChI=1S/C21H28O6/c1-19-5-3-11(23)7-14(19)15(24)8-12-13-4-6-21(27,17(26)10-22)20(13,2)9-16(25)18(12)19/h3,5,7,12-13,15-16,18,22,24-25,27H,4,6,8-10H2,1-2H3/t12-,13-,15-,16-,18+,19?,20-,21-/m0/s1. The van der Waals surface area contributed by atoms with Gasteiger partial charge in [-0.15, -0.1) is 0 Å². The molecule has 0 aromatic heterocycles. The van der Waals surface area contributed by atoms with Gasteiger partial charge in [-0.25, -0.2) is 0 Å². The summed E-state index contributed by atoms with van der Waals surface area (Å²) in [6.07, 6.45) is 4.73. The first-order valence-corrected chi connectivity index (χ1v) is 9.76. The minimum absolute atomic E-state index is 0.0505. The van der Waals surface area contributed by atoms with Crippen molar-refractivity contribution in [2.24, 2.45) is 28.6 Å². The lowest BCUT2D eigenvalue weighted by atomic mass is 9.45. The number of ketones is 2. The van der Waals surface area contributed by atoms with Crippen LogP contribution in [0.2, 0.25) is 0 Å². The van der Waals surface area contributed by atoms with Crippen LogP contribution in [0.4, 0.5) is 0 Å². The number of hydrogen-bond acceptors (Lipinski definition) is 6. The van der Waals surface area contributed by atoms with E-state index >= 15 is 0 Å². The van der Waals surface area contributed by atoms with E-state index in [2.05, 4.69) is 0 Å². The highest BCUT2D eigenvalue weighted by molar-refractivity contribution is 6.01. The second-order valence-corrected chi connectivity index (χ2v) is 9.33. The number of allylic oxidation sites excluding steroid dienone is 3. The molecule has 148 valence electrons. The van der Waals surface area contributed by atoms with Crippen LogP contribution >= 0.6 is 0 Å². The molecule has 4 N–H and O–H groups in total. The molecule has 0 amide bonds. The lowest BCUT2D eigenvalue weighted by Gasteiger charge is -2.60. The first kappa shape index (κ1) is 19.0. The number of hydrogen-bond donors (Lipinski definition) is 4. The van der Waals surface area contributed by atoms with Gasteiger partial charge in [-0.1, -0.05) is 19.9 Å². The number of carbonyl (C=O) groups excluding carboxylic acids is 2. The topological polar surface area (TPSA) is 115 Å². The fraction of sp³-hybridized carbons (Fsp3) is 0.714. The zero-order chi connectivity index (χ0) is 19.8. The molecule has 0 aromatic rings. The maximum atomic E-state index is 12.4. The van der Waals surface area contributed by atoms with Crippen molar-refractivity contribution < 1.29 is 30.0 Å². The first-order valence-electron chi connectivity index (χ1n) is 9.76. The normalized spacial score (nSPS) is 51.3. The highest BCUT2D eigenvalue weighted by Gasteiger charge is 2.68. The first-order chi connectivity index (χ1) is 12.6. The van der Waals surface area contributed by atoms with Gasteiger partial charge in [0.15, 0.2) is 11.6 Å². The zero-order valence-corrected chi connectivity index (χ0v) is 15.8. The molecule has 0 spiro atoms. The highest BCUT2D eigenvalue weighted by Crippen LogP contribution is 2.67. The molecule has 0 aromatic carbocycles. The van der Waals surface area contributed by atoms with E-state index in [4.69, 9.17) is 0 Å². The largest absolute Gasteiger partial charge is 0.393 e. The van der Waals surface area contributed by atoms with Crippen LogP contribution < -0.4 is 0 Å². The Kier molecular flexibility index (Phi) is 4.10. The maximum Gasteiger partial charge on any atom is 0.190 e. The summed E-state index contributed by atoms with van der Waals surface area (Å²) >= 11 is 0. The Balaban J connectivity index is 1.78. The van der Waals surface area contributed by atoms with Gasteiger partial charge in [0.1, 0.15) is 12.2 Å². The third-order valence-electron chi connectivity index (χ3n) is 8.27. The average molecular weight is 376 g/mol. The van der Waals surface area contributed by atoms with Crippen LogP contribution in [0, 0.1) is 28.6 Å². The van der Waals surface area contributed by atoms with Crippen molar-refractivity contribution in [2.75, 3.05) is 6.61 Å². The predicted octanol–water partition coefficient (Wildman–Crippen LogP) is 0.528. The molecule has 4 aliphatic rings. The summed E-state index contributed by atoms with van der Waals surface area (Å²) < 4.78 is 0. The molecule has 6 heteroatoms. The quantitative estimate of drug-likeness (QED) is 0.559. The smallest absolute Gasteiger partial charge is 0.190 e. The Morgan fingerprint density at radius 1 is 1.30 bits per heavy atom. The van der Waals surface area contributed by atoms with E-state index in [9.17, 15) is 30.0 Å². The van der Waals surface area contributed by atoms with Crippen LogP contribution in [0.15, 0.2) is 23.8 Å². The van der Waals surface area contributed by atoms with Crippen LogP contribution in [-0.4, -0.2) is 56.4 Å². The third-order valence-corrected chi connectivity index (χ3v) is 8.27. The van der Waals surface area contributed by atoms with Crippen molar-refractivity contribution in [3.63, 3.8) is 0 Å².